The third kappa shape index (κ3) is 4.67. The van der Waals surface area contributed by atoms with Gasteiger partial charge in [-0.05, 0) is 79.4 Å². The van der Waals surface area contributed by atoms with Gasteiger partial charge < -0.3 is 10.6 Å². The van der Waals surface area contributed by atoms with Crippen LogP contribution in [0.5, 0.6) is 0 Å². The molecule has 0 saturated carbocycles. The van der Waals surface area contributed by atoms with Crippen LogP contribution in [0.3, 0.4) is 0 Å². The van der Waals surface area contributed by atoms with Crippen LogP contribution in [0.15, 0.2) is 27.6 Å². The van der Waals surface area contributed by atoms with Gasteiger partial charge in [-0.25, -0.2) is 13.1 Å². The van der Waals surface area contributed by atoms with Gasteiger partial charge in [0.25, 0.3) is 0 Å². The molecule has 0 spiro atoms. The molecule has 1 aromatic rings. The molecular formula is C14H22BrN3O2S. The molecule has 0 aliphatic carbocycles. The molecular weight excluding hydrogens is 354 g/mol. The average Bonchev–Trinajstić information content (AvgIpc) is 2.44. The van der Waals surface area contributed by atoms with E-state index in [1.807, 2.05) is 0 Å². The first-order valence-electron chi connectivity index (χ1n) is 7.12. The zero-order valence-electron chi connectivity index (χ0n) is 12.2. The van der Waals surface area contributed by atoms with E-state index in [4.69, 9.17) is 5.73 Å². The van der Waals surface area contributed by atoms with E-state index in [-0.39, 0.29) is 4.90 Å². The summed E-state index contributed by atoms with van der Waals surface area (Å²) in [5, 5.41) is 0. The molecule has 3 N–H and O–H groups in total. The van der Waals surface area contributed by atoms with Gasteiger partial charge in [0.15, 0.2) is 0 Å². The number of piperidine rings is 1. The highest BCUT2D eigenvalue weighted by atomic mass is 79.9. The SMILES string of the molecule is CN1CCC(CCNS(=O)(=O)c2ccc(N)c(Br)c2)CC1. The van der Waals surface area contributed by atoms with Gasteiger partial charge in [0.2, 0.25) is 10.0 Å². The second-order valence-electron chi connectivity index (χ2n) is 5.62. The highest BCUT2D eigenvalue weighted by Crippen LogP contribution is 2.23. The van der Waals surface area contributed by atoms with Crippen molar-refractivity contribution in [3.63, 3.8) is 0 Å². The molecule has 0 atom stereocenters. The van der Waals surface area contributed by atoms with Gasteiger partial charge in [-0.15, -0.1) is 0 Å². The van der Waals surface area contributed by atoms with Crippen LogP contribution in [-0.2, 0) is 10.0 Å². The number of nitrogens with one attached hydrogen (secondary N) is 1. The van der Waals surface area contributed by atoms with Gasteiger partial charge in [0, 0.05) is 16.7 Å². The lowest BCUT2D eigenvalue weighted by Gasteiger charge is -2.28. The Morgan fingerprint density at radius 1 is 1.38 bits per heavy atom. The minimum absolute atomic E-state index is 0.243. The number of hydrogen-bond donors (Lipinski definition) is 2. The number of nitrogen functional groups attached to an aromatic ring is 1. The van der Waals surface area contributed by atoms with Crippen LogP contribution in [0, 0.1) is 5.92 Å². The number of halogens is 1. The van der Waals surface area contributed by atoms with Crippen molar-refractivity contribution in [2.24, 2.45) is 5.92 Å². The maximum atomic E-state index is 12.2. The summed E-state index contributed by atoms with van der Waals surface area (Å²) in [6.07, 6.45) is 3.18. The van der Waals surface area contributed by atoms with Crippen LogP contribution < -0.4 is 10.5 Å². The molecule has 1 fully saturated rings. The van der Waals surface area contributed by atoms with Crippen molar-refractivity contribution in [1.82, 2.24) is 9.62 Å². The Hall–Kier alpha value is -0.630. The number of anilines is 1. The normalized spacial score (nSPS) is 18.0. The van der Waals surface area contributed by atoms with E-state index in [0.29, 0.717) is 22.6 Å². The first-order chi connectivity index (χ1) is 9.88. The highest BCUT2D eigenvalue weighted by molar-refractivity contribution is 9.10. The average molecular weight is 376 g/mol. The predicted octanol–water partition coefficient (Wildman–Crippen LogP) is 2.04. The second-order valence-corrected chi connectivity index (χ2v) is 8.24. The first-order valence-corrected chi connectivity index (χ1v) is 9.39. The first kappa shape index (κ1) is 16.7. The smallest absolute Gasteiger partial charge is 0.240 e. The molecule has 7 heteroatoms. The minimum Gasteiger partial charge on any atom is -0.398 e. The van der Waals surface area contributed by atoms with Gasteiger partial charge in [0.1, 0.15) is 0 Å². The summed E-state index contributed by atoms with van der Waals surface area (Å²) in [5.74, 6) is 0.613. The van der Waals surface area contributed by atoms with Crippen LogP contribution in [-0.4, -0.2) is 40.0 Å². The van der Waals surface area contributed by atoms with Gasteiger partial charge in [-0.2, -0.15) is 0 Å². The molecule has 1 aliphatic rings. The topological polar surface area (TPSA) is 75.4 Å². The molecule has 118 valence electrons. The Balaban J connectivity index is 1.88. The molecule has 0 bridgehead atoms. The number of nitrogens with zero attached hydrogens (tertiary/aromatic N) is 1. The molecule has 1 aromatic carbocycles. The highest BCUT2D eigenvalue weighted by Gasteiger charge is 2.19. The molecule has 0 unspecified atom stereocenters. The number of hydrogen-bond acceptors (Lipinski definition) is 4. The Morgan fingerprint density at radius 3 is 2.67 bits per heavy atom. The van der Waals surface area contributed by atoms with Gasteiger partial charge in [-0.3, -0.25) is 0 Å². The fraction of sp³-hybridized carbons (Fsp3) is 0.571. The van der Waals surface area contributed by atoms with E-state index in [0.717, 1.165) is 32.4 Å². The third-order valence-corrected chi connectivity index (χ3v) is 6.11. The lowest BCUT2D eigenvalue weighted by atomic mass is 9.94. The monoisotopic (exact) mass is 375 g/mol. The fourth-order valence-electron chi connectivity index (χ4n) is 2.51. The summed E-state index contributed by atoms with van der Waals surface area (Å²) in [6.45, 7) is 2.68. The summed E-state index contributed by atoms with van der Waals surface area (Å²) >= 11 is 3.25. The van der Waals surface area contributed by atoms with E-state index in [2.05, 4.69) is 32.6 Å². The largest absolute Gasteiger partial charge is 0.398 e. The van der Waals surface area contributed by atoms with Crippen LogP contribution in [0.25, 0.3) is 0 Å². The van der Waals surface area contributed by atoms with Crippen LogP contribution >= 0.6 is 15.9 Å². The van der Waals surface area contributed by atoms with Crippen LogP contribution in [0.4, 0.5) is 5.69 Å². The Labute approximate surface area is 135 Å². The molecule has 0 aromatic heterocycles. The van der Waals surface area contributed by atoms with E-state index in [1.165, 1.54) is 12.1 Å². The number of nitrogens with two attached hydrogens (primary N) is 1. The predicted molar refractivity (Wildman–Crippen MR) is 88.6 cm³/mol. The van der Waals surface area contributed by atoms with Gasteiger partial charge in [0.05, 0.1) is 4.90 Å². The number of benzene rings is 1. The molecule has 0 amide bonds. The zero-order chi connectivity index (χ0) is 15.5. The number of rotatable bonds is 5. The fourth-order valence-corrected chi connectivity index (χ4v) is 4.11. The lowest BCUT2D eigenvalue weighted by Crippen LogP contribution is -2.32. The molecule has 1 heterocycles. The Kier molecular flexibility index (Phi) is 5.65. The van der Waals surface area contributed by atoms with Crippen LogP contribution in [0.1, 0.15) is 19.3 Å². The Morgan fingerprint density at radius 2 is 2.05 bits per heavy atom. The van der Waals surface area contributed by atoms with Crippen molar-refractivity contribution in [3.05, 3.63) is 22.7 Å². The summed E-state index contributed by atoms with van der Waals surface area (Å²) in [7, 11) is -1.33. The second kappa shape index (κ2) is 7.09. The summed E-state index contributed by atoms with van der Waals surface area (Å²) in [5.41, 5.74) is 6.20. The van der Waals surface area contributed by atoms with Crippen LogP contribution in [0.2, 0.25) is 0 Å². The zero-order valence-corrected chi connectivity index (χ0v) is 14.6. The number of sulfonamides is 1. The number of likely N-dealkylation sites (tertiary alicyclic amines) is 1. The maximum absolute atomic E-state index is 12.2. The van der Waals surface area contributed by atoms with Crippen molar-refractivity contribution in [2.45, 2.75) is 24.2 Å². The minimum atomic E-state index is -3.46. The third-order valence-electron chi connectivity index (χ3n) is 3.97. The van der Waals surface area contributed by atoms with Crippen molar-refractivity contribution >= 4 is 31.6 Å². The van der Waals surface area contributed by atoms with E-state index < -0.39 is 10.0 Å². The van der Waals surface area contributed by atoms with Crippen molar-refractivity contribution in [2.75, 3.05) is 32.4 Å². The molecule has 0 radical (unpaired) electrons. The molecule has 5 nitrogen and oxygen atoms in total. The molecule has 1 aliphatic heterocycles. The standard InChI is InChI=1S/C14H22BrN3O2S/c1-18-8-5-11(6-9-18)4-7-17-21(19,20)12-2-3-14(16)13(15)10-12/h2-3,10-11,17H,4-9,16H2,1H3. The molecule has 2 rings (SSSR count). The van der Waals surface area contributed by atoms with Crippen molar-refractivity contribution in [1.29, 1.82) is 0 Å². The van der Waals surface area contributed by atoms with E-state index >= 15 is 0 Å². The maximum Gasteiger partial charge on any atom is 0.240 e. The Bertz CT molecular complexity index is 584. The summed E-state index contributed by atoms with van der Waals surface area (Å²) in [4.78, 5) is 2.55. The van der Waals surface area contributed by atoms with Gasteiger partial charge in [-0.1, -0.05) is 0 Å². The molecule has 1 saturated heterocycles. The lowest BCUT2D eigenvalue weighted by molar-refractivity contribution is 0.213. The van der Waals surface area contributed by atoms with Crippen molar-refractivity contribution < 1.29 is 8.42 Å². The summed E-state index contributed by atoms with van der Waals surface area (Å²) < 4.78 is 27.7. The summed E-state index contributed by atoms with van der Waals surface area (Å²) in [6, 6.07) is 4.65. The van der Waals surface area contributed by atoms with E-state index in [1.54, 1.807) is 6.07 Å². The van der Waals surface area contributed by atoms with Crippen molar-refractivity contribution in [3.8, 4) is 0 Å². The molecule has 21 heavy (non-hydrogen) atoms. The quantitative estimate of drug-likeness (QED) is 0.772. The van der Waals surface area contributed by atoms with E-state index in [9.17, 15) is 8.42 Å². The van der Waals surface area contributed by atoms with Gasteiger partial charge >= 0.3 is 0 Å².